The third kappa shape index (κ3) is 12.8. The number of sulfone groups is 2. The Labute approximate surface area is 348 Å². The maximum Gasteiger partial charge on any atom is 0.306 e. The van der Waals surface area contributed by atoms with E-state index in [1.54, 1.807) is 0 Å². The zero-order chi connectivity index (χ0) is 44.4. The molecule has 0 fully saturated rings. The minimum atomic E-state index is -3.85. The van der Waals surface area contributed by atoms with Crippen LogP contribution >= 0.6 is 0 Å². The molecule has 2 atom stereocenters. The minimum absolute atomic E-state index is 0.0269. The summed E-state index contributed by atoms with van der Waals surface area (Å²) in [7, 11) is -4.98. The monoisotopic (exact) mass is 874 g/mol. The predicted octanol–water partition coefficient (Wildman–Crippen LogP) is 2.59. The number of aliphatic carboxylic acids is 2. The Hall–Kier alpha value is -5.38. The van der Waals surface area contributed by atoms with Gasteiger partial charge in [-0.15, -0.1) is 0 Å². The highest BCUT2D eigenvalue weighted by Gasteiger charge is 2.24. The molecule has 2 aromatic heterocycles. The van der Waals surface area contributed by atoms with Crippen LogP contribution in [-0.2, 0) is 55.6 Å². The third-order valence-electron chi connectivity index (χ3n) is 9.30. The lowest BCUT2D eigenvalue weighted by molar-refractivity contribution is -0.140. The van der Waals surface area contributed by atoms with Gasteiger partial charge in [0.1, 0.15) is 23.0 Å². The summed E-state index contributed by atoms with van der Waals surface area (Å²) in [6.45, 7) is 3.59. The second-order valence-corrected chi connectivity index (χ2v) is 18.0. The second kappa shape index (κ2) is 20.7. The molecule has 326 valence electrons. The van der Waals surface area contributed by atoms with Crippen LogP contribution in [0.15, 0.2) is 58.3 Å². The maximum atomic E-state index is 12.9. The summed E-state index contributed by atoms with van der Waals surface area (Å²) in [5.41, 5.74) is 5.51. The van der Waals surface area contributed by atoms with Gasteiger partial charge in [-0.25, -0.2) is 16.8 Å². The average Bonchev–Trinajstić information content (AvgIpc) is 3.16. The van der Waals surface area contributed by atoms with Gasteiger partial charge in [-0.3, -0.25) is 9.59 Å². The standard InChI is InChI=1S/C40H50N4O14S2/c1-23-25(21-57-39-33(59(5,51)52)13-27(37(43-39)55-3)17-41-19-29(45)15-35(47)48)9-7-11-31(23)32-12-8-10-26(24(32)2)22-58-40-34(60(6,53)54)14-28(38(44-40)56-4)18-42-20-30(46)16-36(49)50/h7-14,29-30,41-42,45-46H,15-22H2,1-6H3,(H,47,48)(H,49,50)/t29-,30-/m0/s1. The quantitative estimate of drug-likeness (QED) is 0.0625. The van der Waals surface area contributed by atoms with E-state index < -0.39 is 56.7 Å². The third-order valence-corrected chi connectivity index (χ3v) is 11.5. The molecule has 2 aromatic carbocycles. The molecule has 20 heteroatoms. The van der Waals surface area contributed by atoms with Crippen LogP contribution < -0.4 is 29.6 Å². The van der Waals surface area contributed by atoms with Gasteiger partial charge in [0, 0.05) is 49.8 Å². The lowest BCUT2D eigenvalue weighted by atomic mass is 9.92. The first-order valence-corrected chi connectivity index (χ1v) is 22.2. The number of aromatic nitrogens is 2. The normalized spacial score (nSPS) is 12.7. The van der Waals surface area contributed by atoms with Gasteiger partial charge in [0.15, 0.2) is 19.7 Å². The van der Waals surface area contributed by atoms with Crippen molar-refractivity contribution in [2.45, 2.75) is 75.0 Å². The molecule has 0 radical (unpaired) electrons. The Morgan fingerprint density at radius 2 is 1.00 bits per heavy atom. The highest BCUT2D eigenvalue weighted by molar-refractivity contribution is 7.91. The molecular formula is C40H50N4O14S2. The van der Waals surface area contributed by atoms with Crippen molar-refractivity contribution in [3.63, 3.8) is 0 Å². The van der Waals surface area contributed by atoms with E-state index in [0.717, 1.165) is 45.9 Å². The topological polar surface area (TPSA) is 270 Å². The fourth-order valence-electron chi connectivity index (χ4n) is 6.20. The summed E-state index contributed by atoms with van der Waals surface area (Å²) in [5, 5.41) is 43.3. The van der Waals surface area contributed by atoms with Crippen molar-refractivity contribution in [2.75, 3.05) is 39.8 Å². The van der Waals surface area contributed by atoms with Gasteiger partial charge in [0.2, 0.25) is 23.5 Å². The van der Waals surface area contributed by atoms with Gasteiger partial charge in [0.05, 0.1) is 39.3 Å². The molecule has 0 aliphatic carbocycles. The SMILES string of the molecule is COc1nc(OCc2cccc(-c3cccc(COc4nc(OC)c(CNC[C@@H](O)CC(=O)O)cc4S(C)(=O)=O)c3C)c2C)c(S(C)(=O)=O)cc1CNC[C@@H](O)CC(=O)O. The fraction of sp³-hybridized carbons (Fsp3) is 0.400. The molecule has 0 saturated carbocycles. The number of aliphatic hydroxyl groups excluding tert-OH is 2. The number of carbonyl (C=O) groups is 2. The number of hydrogen-bond donors (Lipinski definition) is 6. The molecule has 2 heterocycles. The number of carboxylic acid groups (broad SMARTS) is 2. The van der Waals surface area contributed by atoms with Crippen LogP contribution in [0.2, 0.25) is 0 Å². The van der Waals surface area contributed by atoms with E-state index in [9.17, 15) is 36.6 Å². The van der Waals surface area contributed by atoms with Gasteiger partial charge in [0.25, 0.3) is 0 Å². The van der Waals surface area contributed by atoms with Crippen molar-refractivity contribution in [1.82, 2.24) is 20.6 Å². The Morgan fingerprint density at radius 3 is 1.32 bits per heavy atom. The number of hydrogen-bond acceptors (Lipinski definition) is 16. The molecule has 0 spiro atoms. The van der Waals surface area contributed by atoms with Gasteiger partial charge in [-0.1, -0.05) is 36.4 Å². The number of nitrogens with zero attached hydrogens (tertiary/aromatic N) is 2. The van der Waals surface area contributed by atoms with E-state index in [4.69, 9.17) is 29.2 Å². The van der Waals surface area contributed by atoms with Crippen molar-refractivity contribution < 1.29 is 65.8 Å². The largest absolute Gasteiger partial charge is 0.481 e. The summed E-state index contributed by atoms with van der Waals surface area (Å²) in [5.74, 6) is -2.52. The molecule has 0 amide bonds. The first kappa shape index (κ1) is 47.3. The van der Waals surface area contributed by atoms with E-state index in [1.165, 1.54) is 26.4 Å². The zero-order valence-corrected chi connectivity index (χ0v) is 35.6. The van der Waals surface area contributed by atoms with Crippen LogP contribution in [0.1, 0.15) is 46.2 Å². The van der Waals surface area contributed by atoms with Crippen LogP contribution in [0.25, 0.3) is 11.1 Å². The predicted molar refractivity (Wildman–Crippen MR) is 218 cm³/mol. The molecule has 0 unspecified atom stereocenters. The number of ether oxygens (including phenoxy) is 4. The Kier molecular flexibility index (Phi) is 16.3. The molecule has 0 aliphatic heterocycles. The number of nitrogens with one attached hydrogen (secondary N) is 2. The molecule has 4 rings (SSSR count). The van der Waals surface area contributed by atoms with Gasteiger partial charge in [-0.2, -0.15) is 9.97 Å². The van der Waals surface area contributed by atoms with E-state index in [-0.39, 0.29) is 72.7 Å². The Morgan fingerprint density at radius 1 is 0.633 bits per heavy atom. The fourth-order valence-corrected chi connectivity index (χ4v) is 7.75. The van der Waals surface area contributed by atoms with E-state index >= 15 is 0 Å². The first-order chi connectivity index (χ1) is 28.2. The Balaban J connectivity index is 1.56. The Bertz CT molecular complexity index is 2240. The van der Waals surface area contributed by atoms with Gasteiger partial charge in [-0.05, 0) is 59.4 Å². The summed E-state index contributed by atoms with van der Waals surface area (Å²) < 4.78 is 74.4. The van der Waals surface area contributed by atoms with Crippen LogP contribution in [0.4, 0.5) is 0 Å². The van der Waals surface area contributed by atoms with Crippen LogP contribution in [-0.4, -0.2) is 111 Å². The molecule has 4 aromatic rings. The highest BCUT2D eigenvalue weighted by atomic mass is 32.2. The zero-order valence-electron chi connectivity index (χ0n) is 34.0. The summed E-state index contributed by atoms with van der Waals surface area (Å²) in [4.78, 5) is 30.1. The lowest BCUT2D eigenvalue weighted by Gasteiger charge is -2.18. The van der Waals surface area contributed by atoms with Crippen LogP contribution in [0.3, 0.4) is 0 Å². The highest BCUT2D eigenvalue weighted by Crippen LogP contribution is 2.34. The number of methoxy groups -OCH3 is 2. The molecule has 0 saturated heterocycles. The van der Waals surface area contributed by atoms with Crippen molar-refractivity contribution in [3.8, 4) is 34.6 Å². The lowest BCUT2D eigenvalue weighted by Crippen LogP contribution is -2.28. The smallest absolute Gasteiger partial charge is 0.306 e. The molecule has 6 N–H and O–H groups in total. The number of pyridine rings is 2. The number of carboxylic acids is 2. The average molecular weight is 875 g/mol. The van der Waals surface area contributed by atoms with Crippen LogP contribution in [0.5, 0.6) is 23.5 Å². The summed E-state index contributed by atoms with van der Waals surface area (Å²) in [6.07, 6.45) is -1.20. The number of aliphatic hydroxyl groups is 2. The molecular weight excluding hydrogens is 825 g/mol. The van der Waals surface area contributed by atoms with Gasteiger partial charge < -0.3 is 50.0 Å². The first-order valence-electron chi connectivity index (χ1n) is 18.4. The van der Waals surface area contributed by atoms with Crippen LogP contribution in [0, 0.1) is 13.8 Å². The molecule has 60 heavy (non-hydrogen) atoms. The maximum absolute atomic E-state index is 12.9. The van der Waals surface area contributed by atoms with Crippen molar-refractivity contribution in [1.29, 1.82) is 0 Å². The van der Waals surface area contributed by atoms with E-state index in [0.29, 0.717) is 11.1 Å². The van der Waals surface area contributed by atoms with Gasteiger partial charge >= 0.3 is 11.9 Å². The van der Waals surface area contributed by atoms with Crippen molar-refractivity contribution in [2.24, 2.45) is 0 Å². The summed E-state index contributed by atoms with van der Waals surface area (Å²) in [6, 6.07) is 13.9. The molecule has 0 aliphatic rings. The van der Waals surface area contributed by atoms with E-state index in [1.807, 2.05) is 50.2 Å². The summed E-state index contributed by atoms with van der Waals surface area (Å²) >= 11 is 0. The second-order valence-electron chi connectivity index (χ2n) is 14.0. The van der Waals surface area contributed by atoms with Crippen molar-refractivity contribution >= 4 is 31.6 Å². The van der Waals surface area contributed by atoms with Crippen molar-refractivity contribution in [3.05, 3.63) is 81.9 Å². The number of rotatable bonds is 23. The number of benzene rings is 2. The molecule has 18 nitrogen and oxygen atoms in total. The molecule has 0 bridgehead atoms. The van der Waals surface area contributed by atoms with E-state index in [2.05, 4.69) is 20.6 Å². The minimum Gasteiger partial charge on any atom is -0.481 e.